The molecule has 4 heteroatoms. The van der Waals surface area contributed by atoms with E-state index in [1.54, 1.807) is 6.08 Å². The van der Waals surface area contributed by atoms with Gasteiger partial charge in [-0.2, -0.15) is 16.8 Å². The zero-order valence-corrected chi connectivity index (χ0v) is 12.3. The maximum Gasteiger partial charge on any atom is 0.235 e. The van der Waals surface area contributed by atoms with Crippen molar-refractivity contribution in [1.29, 1.82) is 0 Å². The monoisotopic (exact) mass is 289 g/mol. The zero-order valence-electron chi connectivity index (χ0n) is 11.5. The van der Waals surface area contributed by atoms with Crippen LogP contribution in [0, 0.1) is 0 Å². The molecule has 1 heterocycles. The highest BCUT2D eigenvalue weighted by atomic mass is 32.2. The molecule has 3 rings (SSSR count). The smallest absolute Gasteiger partial charge is 0.235 e. The van der Waals surface area contributed by atoms with Gasteiger partial charge in [-0.25, -0.2) is 4.79 Å². The molecule has 0 N–H and O–H groups in total. The van der Waals surface area contributed by atoms with Crippen molar-refractivity contribution in [2.75, 3.05) is 11.5 Å². The van der Waals surface area contributed by atoms with Gasteiger partial charge >= 0.3 is 0 Å². The van der Waals surface area contributed by atoms with Crippen molar-refractivity contribution in [1.82, 2.24) is 0 Å². The lowest BCUT2D eigenvalue weighted by Crippen LogP contribution is -2.31. The summed E-state index contributed by atoms with van der Waals surface area (Å²) >= 11 is 1.97. The summed E-state index contributed by atoms with van der Waals surface area (Å²) in [4.78, 5) is 14.6. The number of rotatable bonds is 4. The standard InChI is InChI=1S/C16H19NO2S/c18-12-17-16(8-2-9-16)13-4-6-14(7-5-13)19-15-3-1-10-20-11-15/h4-7,15H,1-3,8-11H2. The van der Waals surface area contributed by atoms with Gasteiger partial charge in [-0.15, -0.1) is 0 Å². The van der Waals surface area contributed by atoms with Gasteiger partial charge < -0.3 is 4.74 Å². The number of thioether (sulfide) groups is 1. The largest absolute Gasteiger partial charge is 0.490 e. The Balaban J connectivity index is 1.69. The molecule has 1 saturated heterocycles. The number of hydrogen-bond acceptors (Lipinski definition) is 4. The fourth-order valence-corrected chi connectivity index (χ4v) is 3.94. The number of aliphatic imine (C=N–C) groups is 1. The molecule has 0 spiro atoms. The van der Waals surface area contributed by atoms with Gasteiger partial charge in [0.1, 0.15) is 11.9 Å². The van der Waals surface area contributed by atoms with Crippen molar-refractivity contribution >= 4 is 17.8 Å². The topological polar surface area (TPSA) is 38.7 Å². The van der Waals surface area contributed by atoms with Crippen LogP contribution in [-0.4, -0.2) is 23.7 Å². The van der Waals surface area contributed by atoms with Gasteiger partial charge in [0, 0.05) is 5.75 Å². The van der Waals surface area contributed by atoms with Crippen molar-refractivity contribution in [2.45, 2.75) is 43.7 Å². The molecule has 0 amide bonds. The molecule has 1 aliphatic carbocycles. The molecule has 0 aromatic heterocycles. The Bertz CT molecular complexity index is 498. The highest BCUT2D eigenvalue weighted by Crippen LogP contribution is 2.45. The molecular formula is C16H19NO2S. The van der Waals surface area contributed by atoms with E-state index < -0.39 is 0 Å². The Morgan fingerprint density at radius 1 is 1.25 bits per heavy atom. The summed E-state index contributed by atoms with van der Waals surface area (Å²) in [6.45, 7) is 0. The lowest BCUT2D eigenvalue weighted by atomic mass is 9.72. The zero-order chi connectivity index (χ0) is 13.8. The normalized spacial score (nSPS) is 24.3. The summed E-state index contributed by atoms with van der Waals surface area (Å²) in [6, 6.07) is 8.11. The number of benzene rings is 1. The van der Waals surface area contributed by atoms with Gasteiger partial charge in [0.2, 0.25) is 6.08 Å². The maximum atomic E-state index is 10.6. The molecule has 3 nitrogen and oxygen atoms in total. The van der Waals surface area contributed by atoms with E-state index >= 15 is 0 Å². The fraction of sp³-hybridized carbons (Fsp3) is 0.562. The first-order chi connectivity index (χ1) is 9.82. The number of isocyanates is 1. The van der Waals surface area contributed by atoms with Gasteiger partial charge in [0.25, 0.3) is 0 Å². The van der Waals surface area contributed by atoms with Gasteiger partial charge in [-0.05, 0) is 55.6 Å². The molecule has 0 radical (unpaired) electrons. The highest BCUT2D eigenvalue weighted by Gasteiger charge is 2.38. The third-order valence-electron chi connectivity index (χ3n) is 4.25. The Hall–Kier alpha value is -1.25. The van der Waals surface area contributed by atoms with Crippen molar-refractivity contribution in [3.63, 3.8) is 0 Å². The average molecular weight is 289 g/mol. The fourth-order valence-electron chi connectivity index (χ4n) is 2.90. The summed E-state index contributed by atoms with van der Waals surface area (Å²) in [5, 5.41) is 0. The molecule has 1 aromatic carbocycles. The van der Waals surface area contributed by atoms with Gasteiger partial charge in [-0.1, -0.05) is 12.1 Å². The Kier molecular flexibility index (Phi) is 4.13. The van der Waals surface area contributed by atoms with Crippen LogP contribution in [0.2, 0.25) is 0 Å². The average Bonchev–Trinajstić information content (AvgIpc) is 2.45. The summed E-state index contributed by atoms with van der Waals surface area (Å²) in [6.07, 6.45) is 7.48. The third kappa shape index (κ3) is 2.77. The van der Waals surface area contributed by atoms with E-state index in [0.717, 1.165) is 42.7 Å². The molecule has 106 valence electrons. The van der Waals surface area contributed by atoms with Crippen LogP contribution < -0.4 is 4.74 Å². The molecule has 2 aliphatic rings. The highest BCUT2D eigenvalue weighted by molar-refractivity contribution is 7.99. The minimum absolute atomic E-state index is 0.305. The van der Waals surface area contributed by atoms with E-state index in [0.29, 0.717) is 6.10 Å². The number of nitrogens with zero attached hydrogens (tertiary/aromatic N) is 1. The second-order valence-electron chi connectivity index (χ2n) is 5.57. The Morgan fingerprint density at radius 3 is 2.60 bits per heavy atom. The minimum Gasteiger partial charge on any atom is -0.490 e. The Labute approximate surface area is 123 Å². The summed E-state index contributed by atoms with van der Waals surface area (Å²) in [5.74, 6) is 3.26. The predicted octanol–water partition coefficient (Wildman–Crippen LogP) is 3.68. The third-order valence-corrected chi connectivity index (χ3v) is 5.44. The van der Waals surface area contributed by atoms with E-state index in [4.69, 9.17) is 4.74 Å². The Morgan fingerprint density at radius 2 is 2.05 bits per heavy atom. The molecular weight excluding hydrogens is 270 g/mol. The van der Waals surface area contributed by atoms with Gasteiger partial charge in [-0.3, -0.25) is 0 Å². The lowest BCUT2D eigenvalue weighted by molar-refractivity contribution is 0.211. The van der Waals surface area contributed by atoms with Gasteiger partial charge in [0.05, 0.1) is 5.54 Å². The molecule has 1 unspecified atom stereocenters. The van der Waals surface area contributed by atoms with E-state index in [-0.39, 0.29) is 5.54 Å². The molecule has 20 heavy (non-hydrogen) atoms. The molecule has 1 atom stereocenters. The van der Waals surface area contributed by atoms with Crippen molar-refractivity contribution in [3.05, 3.63) is 29.8 Å². The van der Waals surface area contributed by atoms with Crippen molar-refractivity contribution < 1.29 is 9.53 Å². The minimum atomic E-state index is -0.305. The molecule has 1 aliphatic heterocycles. The quantitative estimate of drug-likeness (QED) is 0.627. The molecule has 1 aromatic rings. The number of ether oxygens (including phenoxy) is 1. The molecule has 1 saturated carbocycles. The number of hydrogen-bond donors (Lipinski definition) is 0. The lowest BCUT2D eigenvalue weighted by Gasteiger charge is -2.37. The van der Waals surface area contributed by atoms with E-state index in [9.17, 15) is 4.79 Å². The maximum absolute atomic E-state index is 10.6. The summed E-state index contributed by atoms with van der Waals surface area (Å²) in [7, 11) is 0. The first-order valence-corrected chi connectivity index (χ1v) is 8.42. The number of carbonyl (C=O) groups excluding carboxylic acids is 1. The SMILES string of the molecule is O=C=NC1(c2ccc(OC3CCCSC3)cc2)CCC1. The predicted molar refractivity (Wildman–Crippen MR) is 81.1 cm³/mol. The van der Waals surface area contributed by atoms with Crippen LogP contribution in [0.15, 0.2) is 29.3 Å². The summed E-state index contributed by atoms with van der Waals surface area (Å²) in [5.41, 5.74) is 0.804. The van der Waals surface area contributed by atoms with Crippen LogP contribution in [0.5, 0.6) is 5.75 Å². The second-order valence-corrected chi connectivity index (χ2v) is 6.72. The van der Waals surface area contributed by atoms with Crippen LogP contribution in [0.25, 0.3) is 0 Å². The van der Waals surface area contributed by atoms with E-state index in [1.807, 2.05) is 36.0 Å². The van der Waals surface area contributed by atoms with E-state index in [1.165, 1.54) is 12.2 Å². The summed E-state index contributed by atoms with van der Waals surface area (Å²) < 4.78 is 6.01. The van der Waals surface area contributed by atoms with Crippen molar-refractivity contribution in [2.24, 2.45) is 4.99 Å². The van der Waals surface area contributed by atoms with Crippen LogP contribution in [0.3, 0.4) is 0 Å². The second kappa shape index (κ2) is 6.02. The van der Waals surface area contributed by atoms with Crippen LogP contribution in [-0.2, 0) is 10.3 Å². The van der Waals surface area contributed by atoms with Crippen molar-refractivity contribution in [3.8, 4) is 5.75 Å². The molecule has 2 fully saturated rings. The first kappa shape index (κ1) is 13.7. The first-order valence-electron chi connectivity index (χ1n) is 7.26. The van der Waals surface area contributed by atoms with Crippen LogP contribution in [0.4, 0.5) is 0 Å². The van der Waals surface area contributed by atoms with Gasteiger partial charge in [0.15, 0.2) is 0 Å². The van der Waals surface area contributed by atoms with Crippen LogP contribution in [0.1, 0.15) is 37.7 Å². The van der Waals surface area contributed by atoms with Crippen LogP contribution >= 0.6 is 11.8 Å². The molecule has 0 bridgehead atoms. The van der Waals surface area contributed by atoms with E-state index in [2.05, 4.69) is 4.99 Å².